The van der Waals surface area contributed by atoms with Gasteiger partial charge in [0.05, 0.1) is 36.7 Å². The van der Waals surface area contributed by atoms with Crippen molar-refractivity contribution in [1.29, 1.82) is 5.26 Å². The zero-order valence-electron chi connectivity index (χ0n) is 9.45. The Morgan fingerprint density at radius 3 is 2.50 bits per heavy atom. The Hall–Kier alpha value is -0.170. The molecule has 0 aromatic heterocycles. The van der Waals surface area contributed by atoms with E-state index in [0.29, 0.717) is 6.42 Å². The molecule has 0 N–H and O–H groups in total. The molecule has 0 spiro atoms. The van der Waals surface area contributed by atoms with E-state index >= 15 is 0 Å². The van der Waals surface area contributed by atoms with Gasteiger partial charge in [0.25, 0.3) is 0 Å². The van der Waals surface area contributed by atoms with Crippen LogP contribution < -0.4 is 29.3 Å². The van der Waals surface area contributed by atoms with Crippen LogP contribution in [0.3, 0.4) is 0 Å². The first-order valence-electron chi connectivity index (χ1n) is 5.14. The molecule has 0 bridgehead atoms. The number of ether oxygens (including phenoxy) is 1. The molecule has 0 aliphatic heterocycles. The minimum Gasteiger partial charge on any atom is -1.00 e. The van der Waals surface area contributed by atoms with Crippen molar-refractivity contribution in [2.24, 2.45) is 0 Å². The zero-order valence-corrected chi connectivity index (χ0v) is 12.6. The van der Waals surface area contributed by atoms with Crippen LogP contribution in [0.4, 0.5) is 0 Å². The van der Waals surface area contributed by atoms with Crippen LogP contribution in [0.15, 0.2) is 30.3 Å². The van der Waals surface area contributed by atoms with E-state index in [2.05, 4.69) is 30.3 Å². The molecule has 0 heterocycles. The van der Waals surface area contributed by atoms with Crippen LogP contribution in [0.25, 0.3) is 0 Å². The lowest BCUT2D eigenvalue weighted by molar-refractivity contribution is -0.00000369. The molecular formula is C12H17INOP. The van der Waals surface area contributed by atoms with Crippen molar-refractivity contribution in [1.82, 2.24) is 0 Å². The summed E-state index contributed by atoms with van der Waals surface area (Å²) >= 11 is 0. The molecular weight excluding hydrogens is 332 g/mol. The number of nitriles is 1. The van der Waals surface area contributed by atoms with Crippen LogP contribution >= 0.6 is 7.92 Å². The highest BCUT2D eigenvalue weighted by Crippen LogP contribution is 2.34. The first kappa shape index (κ1) is 15.8. The lowest BCUT2D eigenvalue weighted by atomic mass is 10.4. The quantitative estimate of drug-likeness (QED) is 0.492. The number of benzene rings is 1. The molecule has 16 heavy (non-hydrogen) atoms. The summed E-state index contributed by atoms with van der Waals surface area (Å²) in [5, 5.41) is 10.0. The maximum Gasteiger partial charge on any atom is 0.0915 e. The summed E-state index contributed by atoms with van der Waals surface area (Å²) in [5.74, 6) is 0. The van der Waals surface area contributed by atoms with E-state index in [1.165, 1.54) is 5.30 Å². The lowest BCUT2D eigenvalue weighted by Crippen LogP contribution is -3.00. The van der Waals surface area contributed by atoms with Crippen LogP contribution in [0.5, 0.6) is 0 Å². The Morgan fingerprint density at radius 1 is 1.25 bits per heavy atom. The molecule has 4 heteroatoms. The molecule has 1 unspecified atom stereocenters. The highest BCUT2D eigenvalue weighted by atomic mass is 127. The molecule has 0 fully saturated rings. The van der Waals surface area contributed by atoms with E-state index < -0.39 is 7.92 Å². The fourth-order valence-corrected chi connectivity index (χ4v) is 3.87. The molecule has 0 aliphatic rings. The molecule has 2 nitrogen and oxygen atoms in total. The highest BCUT2D eigenvalue weighted by Gasteiger charge is 2.17. The summed E-state index contributed by atoms with van der Waals surface area (Å²) in [6.45, 7) is 0.800. The van der Waals surface area contributed by atoms with Crippen LogP contribution in [-0.4, -0.2) is 26.0 Å². The summed E-state index contributed by atoms with van der Waals surface area (Å²) in [6, 6.07) is 12.7. The third-order valence-corrected chi connectivity index (χ3v) is 5.14. The molecule has 1 aromatic carbocycles. The van der Waals surface area contributed by atoms with Crippen LogP contribution in [0.2, 0.25) is 0 Å². The van der Waals surface area contributed by atoms with E-state index in [4.69, 9.17) is 10.00 Å². The lowest BCUT2D eigenvalue weighted by Gasteiger charge is -2.08. The Kier molecular flexibility index (Phi) is 9.91. The van der Waals surface area contributed by atoms with E-state index in [1.807, 2.05) is 6.07 Å². The van der Waals surface area contributed by atoms with Gasteiger partial charge >= 0.3 is 0 Å². The van der Waals surface area contributed by atoms with Gasteiger partial charge in [-0.25, -0.2) is 0 Å². The van der Waals surface area contributed by atoms with Crippen molar-refractivity contribution in [3.05, 3.63) is 30.3 Å². The average Bonchev–Trinajstić information content (AvgIpc) is 2.30. The number of rotatable bonds is 6. The van der Waals surface area contributed by atoms with E-state index in [9.17, 15) is 0 Å². The Balaban J connectivity index is 0.00000225. The van der Waals surface area contributed by atoms with Crippen molar-refractivity contribution in [2.75, 3.05) is 26.0 Å². The second-order valence-corrected chi connectivity index (χ2v) is 6.15. The fourth-order valence-electron chi connectivity index (χ4n) is 1.52. The summed E-state index contributed by atoms with van der Waals surface area (Å²) in [5.41, 5.74) is 0. The van der Waals surface area contributed by atoms with Crippen LogP contribution in [-0.2, 0) is 4.74 Å². The van der Waals surface area contributed by atoms with Gasteiger partial charge in [0.2, 0.25) is 0 Å². The molecule has 1 aromatic rings. The van der Waals surface area contributed by atoms with Crippen LogP contribution in [0, 0.1) is 11.3 Å². The minimum absolute atomic E-state index is 0. The normalized spacial score (nSPS) is 11.2. The van der Waals surface area contributed by atoms with Gasteiger partial charge in [-0.15, -0.1) is 0 Å². The molecule has 88 valence electrons. The van der Waals surface area contributed by atoms with Gasteiger partial charge in [0, 0.05) is 15.0 Å². The Labute approximate surface area is 116 Å². The minimum atomic E-state index is -0.595. The van der Waals surface area contributed by atoms with Gasteiger partial charge in [0.15, 0.2) is 0 Å². The second kappa shape index (κ2) is 10.0. The molecule has 0 radical (unpaired) electrons. The number of hydrogen-bond donors (Lipinski definition) is 0. The number of hydrogen-bond acceptors (Lipinski definition) is 2. The van der Waals surface area contributed by atoms with Crippen molar-refractivity contribution in [3.8, 4) is 6.07 Å². The smallest absolute Gasteiger partial charge is 0.0915 e. The van der Waals surface area contributed by atoms with Gasteiger partial charge < -0.3 is 28.7 Å². The predicted molar refractivity (Wildman–Crippen MR) is 66.2 cm³/mol. The first-order valence-corrected chi connectivity index (χ1v) is 7.06. The molecule has 1 rings (SSSR count). The van der Waals surface area contributed by atoms with Gasteiger partial charge in [-0.2, -0.15) is 5.26 Å². The van der Waals surface area contributed by atoms with E-state index in [-0.39, 0.29) is 24.0 Å². The van der Waals surface area contributed by atoms with Gasteiger partial charge in [0.1, 0.15) is 0 Å². The topological polar surface area (TPSA) is 33.0 Å². The van der Waals surface area contributed by atoms with Crippen molar-refractivity contribution in [3.63, 3.8) is 0 Å². The first-order chi connectivity index (χ1) is 7.38. The molecule has 0 amide bonds. The summed E-state index contributed by atoms with van der Waals surface area (Å²) in [6.07, 6.45) is 2.77. The molecule has 0 saturated heterocycles. The monoisotopic (exact) mass is 349 g/mol. The third-order valence-electron chi connectivity index (χ3n) is 2.33. The second-order valence-electron chi connectivity index (χ2n) is 3.37. The fraction of sp³-hybridized carbons (Fsp3) is 0.417. The van der Waals surface area contributed by atoms with E-state index in [0.717, 1.165) is 18.9 Å². The highest BCUT2D eigenvalue weighted by molar-refractivity contribution is 7.65. The standard InChI is InChI=1S/C12H16NOP.HI/c1-14-9-11-15(10-5-8-13)12-6-3-2-4-7-12;/h2-4,6-7H,5,9-11H2,1H3;1H. The number of halogens is 1. The largest absolute Gasteiger partial charge is 1.00 e. The van der Waals surface area contributed by atoms with E-state index in [1.54, 1.807) is 7.11 Å². The number of methoxy groups -OCH3 is 1. The Morgan fingerprint density at radius 2 is 1.94 bits per heavy atom. The number of nitrogens with zero attached hydrogens (tertiary/aromatic N) is 1. The SMILES string of the molecule is COCC[PH+](CCC#N)c1ccccc1.[I-]. The third kappa shape index (κ3) is 5.79. The molecule has 0 saturated carbocycles. The van der Waals surface area contributed by atoms with Gasteiger partial charge in [-0.3, -0.25) is 0 Å². The van der Waals surface area contributed by atoms with Crippen LogP contribution in [0.1, 0.15) is 6.42 Å². The summed E-state index contributed by atoms with van der Waals surface area (Å²) < 4.78 is 5.12. The predicted octanol–water partition coefficient (Wildman–Crippen LogP) is -0.910. The average molecular weight is 349 g/mol. The maximum absolute atomic E-state index is 8.62. The van der Waals surface area contributed by atoms with Gasteiger partial charge in [-0.1, -0.05) is 18.2 Å². The van der Waals surface area contributed by atoms with Crippen molar-refractivity contribution in [2.45, 2.75) is 6.42 Å². The molecule has 0 aliphatic carbocycles. The zero-order chi connectivity index (χ0) is 10.9. The summed E-state index contributed by atoms with van der Waals surface area (Å²) in [4.78, 5) is 0. The van der Waals surface area contributed by atoms with Crippen molar-refractivity contribution >= 4 is 13.2 Å². The van der Waals surface area contributed by atoms with Crippen molar-refractivity contribution < 1.29 is 28.7 Å². The summed E-state index contributed by atoms with van der Waals surface area (Å²) in [7, 11) is 1.14. The maximum atomic E-state index is 8.62. The Bertz CT molecular complexity index is 313. The molecule has 1 atom stereocenters. The van der Waals surface area contributed by atoms with Gasteiger partial charge in [-0.05, 0) is 12.1 Å².